The topological polar surface area (TPSA) is 75.0 Å². The first-order valence-electron chi connectivity index (χ1n) is 10.8. The summed E-state index contributed by atoms with van der Waals surface area (Å²) in [5, 5.41) is 22.6. The zero-order valence-electron chi connectivity index (χ0n) is 18.1. The highest BCUT2D eigenvalue weighted by molar-refractivity contribution is 5.78. The quantitative estimate of drug-likeness (QED) is 0.567. The largest absolute Gasteiger partial charge is 0.493 e. The van der Waals surface area contributed by atoms with Crippen molar-refractivity contribution in [1.82, 2.24) is 9.88 Å². The van der Waals surface area contributed by atoms with Crippen molar-refractivity contribution in [2.45, 2.75) is 38.1 Å². The Bertz CT molecular complexity index is 1030. The molecule has 6 nitrogen and oxygen atoms in total. The molecule has 1 aromatic heterocycles. The fourth-order valence-corrected chi connectivity index (χ4v) is 4.13. The van der Waals surface area contributed by atoms with Crippen molar-refractivity contribution in [3.05, 3.63) is 65.9 Å². The lowest BCUT2D eigenvalue weighted by Crippen LogP contribution is -2.43. The van der Waals surface area contributed by atoms with Crippen molar-refractivity contribution in [2.24, 2.45) is 0 Å². The van der Waals surface area contributed by atoms with Gasteiger partial charge in [0, 0.05) is 43.2 Å². The minimum Gasteiger partial charge on any atom is -0.493 e. The SMILES string of the molecule is COc1cc(C)ccc1OC(O)CCN1CCC(O)(c2cnc3ccccc3c2)CC1. The molecule has 3 aromatic rings. The van der Waals surface area contributed by atoms with Gasteiger partial charge in [0.1, 0.15) is 0 Å². The molecular formula is C25H30N2O4. The van der Waals surface area contributed by atoms with Crippen LogP contribution >= 0.6 is 0 Å². The number of nitrogens with zero attached hydrogens (tertiary/aromatic N) is 2. The average molecular weight is 423 g/mol. The van der Waals surface area contributed by atoms with E-state index in [9.17, 15) is 10.2 Å². The van der Waals surface area contributed by atoms with Gasteiger partial charge in [0.2, 0.25) is 0 Å². The van der Waals surface area contributed by atoms with Gasteiger partial charge in [-0.25, -0.2) is 0 Å². The normalized spacial score (nSPS) is 17.4. The molecule has 0 saturated carbocycles. The molecule has 31 heavy (non-hydrogen) atoms. The van der Waals surface area contributed by atoms with Crippen LogP contribution in [0.25, 0.3) is 10.9 Å². The molecule has 0 radical (unpaired) electrons. The van der Waals surface area contributed by atoms with Crippen molar-refractivity contribution < 1.29 is 19.7 Å². The van der Waals surface area contributed by atoms with Gasteiger partial charge in [-0.1, -0.05) is 24.3 Å². The maximum atomic E-state index is 11.2. The fourth-order valence-electron chi connectivity index (χ4n) is 4.13. The second kappa shape index (κ2) is 9.22. The molecule has 4 rings (SSSR count). The van der Waals surface area contributed by atoms with E-state index in [2.05, 4.69) is 9.88 Å². The smallest absolute Gasteiger partial charge is 0.198 e. The highest BCUT2D eigenvalue weighted by atomic mass is 16.6. The molecule has 1 unspecified atom stereocenters. The molecule has 0 amide bonds. The van der Waals surface area contributed by atoms with Crippen LogP contribution in [0.2, 0.25) is 0 Å². The number of hydrogen-bond donors (Lipinski definition) is 2. The van der Waals surface area contributed by atoms with Gasteiger partial charge in [-0.2, -0.15) is 0 Å². The van der Waals surface area contributed by atoms with Gasteiger partial charge >= 0.3 is 0 Å². The highest BCUT2D eigenvalue weighted by Crippen LogP contribution is 2.34. The van der Waals surface area contributed by atoms with Gasteiger partial charge in [-0.15, -0.1) is 0 Å². The van der Waals surface area contributed by atoms with Crippen LogP contribution in [0.5, 0.6) is 11.5 Å². The molecule has 1 fully saturated rings. The highest BCUT2D eigenvalue weighted by Gasteiger charge is 2.34. The first kappa shape index (κ1) is 21.6. The van der Waals surface area contributed by atoms with E-state index in [0.717, 1.165) is 35.1 Å². The Morgan fingerprint density at radius 3 is 2.65 bits per heavy atom. The van der Waals surface area contributed by atoms with E-state index < -0.39 is 11.9 Å². The molecule has 6 heteroatoms. The molecule has 0 bridgehead atoms. The van der Waals surface area contributed by atoms with Crippen LogP contribution in [0.1, 0.15) is 30.4 Å². The summed E-state index contributed by atoms with van der Waals surface area (Å²) in [5.74, 6) is 1.16. The lowest BCUT2D eigenvalue weighted by molar-refractivity contribution is -0.0483. The molecule has 2 heterocycles. The number of pyridine rings is 1. The summed E-state index contributed by atoms with van der Waals surface area (Å²) >= 11 is 0. The van der Waals surface area contributed by atoms with Crippen LogP contribution in [0.15, 0.2) is 54.7 Å². The van der Waals surface area contributed by atoms with Crippen molar-refractivity contribution in [2.75, 3.05) is 26.7 Å². The maximum absolute atomic E-state index is 11.2. The van der Waals surface area contributed by atoms with Crippen LogP contribution in [-0.4, -0.2) is 53.1 Å². The number of benzene rings is 2. The van der Waals surface area contributed by atoms with Crippen LogP contribution in [-0.2, 0) is 5.60 Å². The van der Waals surface area contributed by atoms with Gasteiger partial charge in [-0.05, 0) is 49.6 Å². The minimum absolute atomic E-state index is 0.479. The van der Waals surface area contributed by atoms with Gasteiger partial charge in [0.05, 0.1) is 18.2 Å². The lowest BCUT2D eigenvalue weighted by atomic mass is 9.85. The Kier molecular flexibility index (Phi) is 6.41. The molecule has 1 aliphatic heterocycles. The van der Waals surface area contributed by atoms with E-state index in [0.29, 0.717) is 37.3 Å². The molecule has 1 aliphatic rings. The van der Waals surface area contributed by atoms with Crippen LogP contribution < -0.4 is 9.47 Å². The number of aliphatic hydroxyl groups is 2. The number of hydrogen-bond acceptors (Lipinski definition) is 6. The summed E-state index contributed by atoms with van der Waals surface area (Å²) in [6, 6.07) is 15.6. The predicted molar refractivity (Wildman–Crippen MR) is 120 cm³/mol. The third-order valence-electron chi connectivity index (χ3n) is 6.09. The minimum atomic E-state index is -0.915. The monoisotopic (exact) mass is 422 g/mol. The Morgan fingerprint density at radius 2 is 1.87 bits per heavy atom. The molecule has 1 atom stereocenters. The first-order valence-corrected chi connectivity index (χ1v) is 10.8. The van der Waals surface area contributed by atoms with E-state index in [1.165, 1.54) is 0 Å². The number of fused-ring (bicyclic) bond motifs is 1. The second-order valence-corrected chi connectivity index (χ2v) is 8.31. The summed E-state index contributed by atoms with van der Waals surface area (Å²) in [7, 11) is 1.59. The second-order valence-electron chi connectivity index (χ2n) is 8.31. The van der Waals surface area contributed by atoms with E-state index >= 15 is 0 Å². The number of ether oxygens (including phenoxy) is 2. The standard InChI is InChI=1S/C25H30N2O4/c1-18-7-8-22(23(15-18)30-2)31-24(28)9-12-27-13-10-25(29,11-14-27)20-16-19-5-3-4-6-21(19)26-17-20/h3-8,15-17,24,28-29H,9-14H2,1-2H3. The third kappa shape index (κ3) is 4.98. The number of aliphatic hydroxyl groups excluding tert-OH is 1. The number of aryl methyl sites for hydroxylation is 1. The van der Waals surface area contributed by atoms with Crippen LogP contribution in [0.4, 0.5) is 0 Å². The molecule has 164 valence electrons. The summed E-state index contributed by atoms with van der Waals surface area (Å²) in [6.07, 6.45) is 2.63. The number of aromatic nitrogens is 1. The van der Waals surface area contributed by atoms with Crippen LogP contribution in [0, 0.1) is 6.92 Å². The maximum Gasteiger partial charge on any atom is 0.198 e. The molecule has 2 aromatic carbocycles. The molecular weight excluding hydrogens is 392 g/mol. The van der Waals surface area contributed by atoms with Gasteiger partial charge < -0.3 is 24.6 Å². The first-order chi connectivity index (χ1) is 15.0. The third-order valence-corrected chi connectivity index (χ3v) is 6.09. The Morgan fingerprint density at radius 1 is 1.10 bits per heavy atom. The molecule has 0 aliphatic carbocycles. The van der Waals surface area contributed by atoms with E-state index in [1.807, 2.05) is 55.5 Å². The zero-order chi connectivity index (χ0) is 21.8. The number of piperidine rings is 1. The van der Waals surface area contributed by atoms with Crippen molar-refractivity contribution in [3.63, 3.8) is 0 Å². The fraction of sp³-hybridized carbons (Fsp3) is 0.400. The number of likely N-dealkylation sites (tertiary alicyclic amines) is 1. The van der Waals surface area contributed by atoms with Gasteiger partial charge in [0.15, 0.2) is 17.8 Å². The van der Waals surface area contributed by atoms with E-state index in [1.54, 1.807) is 13.3 Å². The van der Waals surface area contributed by atoms with E-state index in [-0.39, 0.29) is 0 Å². The van der Waals surface area contributed by atoms with Crippen molar-refractivity contribution in [1.29, 1.82) is 0 Å². The zero-order valence-corrected chi connectivity index (χ0v) is 18.1. The Hall–Kier alpha value is -2.67. The summed E-state index contributed by atoms with van der Waals surface area (Å²) in [4.78, 5) is 6.76. The molecule has 1 saturated heterocycles. The summed E-state index contributed by atoms with van der Waals surface area (Å²) < 4.78 is 11.0. The van der Waals surface area contributed by atoms with Crippen molar-refractivity contribution in [3.8, 4) is 11.5 Å². The van der Waals surface area contributed by atoms with Crippen molar-refractivity contribution >= 4 is 10.9 Å². The predicted octanol–water partition coefficient (Wildman–Crippen LogP) is 3.62. The molecule has 2 N–H and O–H groups in total. The summed E-state index contributed by atoms with van der Waals surface area (Å²) in [6.45, 7) is 4.18. The van der Waals surface area contributed by atoms with Gasteiger partial charge in [-0.3, -0.25) is 4.98 Å². The number of para-hydroxylation sites is 1. The number of rotatable bonds is 7. The molecule has 0 spiro atoms. The number of methoxy groups -OCH3 is 1. The van der Waals surface area contributed by atoms with E-state index in [4.69, 9.17) is 9.47 Å². The lowest BCUT2D eigenvalue weighted by Gasteiger charge is -2.38. The average Bonchev–Trinajstić information content (AvgIpc) is 2.79. The Balaban J connectivity index is 1.30. The van der Waals surface area contributed by atoms with Crippen LogP contribution in [0.3, 0.4) is 0 Å². The van der Waals surface area contributed by atoms with Gasteiger partial charge in [0.25, 0.3) is 0 Å². The Labute approximate surface area is 183 Å². The summed E-state index contributed by atoms with van der Waals surface area (Å²) in [5.41, 5.74) is 2.02.